The van der Waals surface area contributed by atoms with Crippen molar-refractivity contribution in [1.82, 2.24) is 0 Å². The number of benzene rings is 7. The van der Waals surface area contributed by atoms with Crippen LogP contribution in [0, 0.1) is 46.3 Å². The normalized spacial score (nSPS) is 11.7. The first kappa shape index (κ1) is 58.9. The number of nitriles is 2. The topological polar surface area (TPSA) is 84.5 Å². The van der Waals surface area contributed by atoms with E-state index >= 15 is 0 Å². The van der Waals surface area contributed by atoms with Crippen LogP contribution in [-0.2, 0) is 0 Å². The van der Waals surface area contributed by atoms with Crippen LogP contribution in [0.2, 0.25) is 72.5 Å². The second kappa shape index (κ2) is 26.3. The average molecular weight is 1100 g/mol. The van der Waals surface area contributed by atoms with Gasteiger partial charge < -0.3 is 17.7 Å². The van der Waals surface area contributed by atoms with Crippen LogP contribution >= 0.6 is 0 Å². The first-order chi connectivity index (χ1) is 37.8. The van der Waals surface area contributed by atoms with Gasteiger partial charge in [0, 0.05) is 33.4 Å². The fourth-order valence-corrected chi connectivity index (χ4v) is 21.4. The molecule has 7 aromatic rings. The molecule has 10 heteroatoms. The van der Waals surface area contributed by atoms with E-state index in [2.05, 4.69) is 192 Å². The summed E-state index contributed by atoms with van der Waals surface area (Å²) in [5.41, 5.74) is 8.56. The second-order valence-corrected chi connectivity index (χ2v) is 39.6. The van der Waals surface area contributed by atoms with E-state index in [9.17, 15) is 10.5 Å². The van der Waals surface area contributed by atoms with Gasteiger partial charge in [0.15, 0.2) is 0 Å². The van der Waals surface area contributed by atoms with E-state index in [0.717, 1.165) is 162 Å². The lowest BCUT2D eigenvalue weighted by atomic mass is 9.84. The molecule has 7 rings (SSSR count). The van der Waals surface area contributed by atoms with Gasteiger partial charge in [-0.3, -0.25) is 0 Å². The maximum atomic E-state index is 9.58. The quantitative estimate of drug-likeness (QED) is 0.0382. The van der Waals surface area contributed by atoms with Gasteiger partial charge in [0.25, 0.3) is 33.3 Å². The van der Waals surface area contributed by atoms with Crippen LogP contribution in [0.3, 0.4) is 0 Å². The third kappa shape index (κ3) is 12.4. The van der Waals surface area contributed by atoms with Gasteiger partial charge in [-0.05, 0) is 191 Å². The molecule has 0 aromatic heterocycles. The van der Waals surface area contributed by atoms with Gasteiger partial charge in [-0.15, -0.1) is 0 Å². The van der Waals surface area contributed by atoms with Gasteiger partial charge in [0.1, 0.15) is 23.0 Å². The molecule has 0 aliphatic heterocycles. The van der Waals surface area contributed by atoms with Crippen LogP contribution in [0.5, 0.6) is 23.0 Å². The maximum absolute atomic E-state index is 9.58. The van der Waals surface area contributed by atoms with Crippen molar-refractivity contribution in [3.63, 3.8) is 0 Å². The third-order valence-corrected chi connectivity index (χ3v) is 35.4. The smallest absolute Gasteiger partial charge is 0.250 e. The minimum Gasteiger partial charge on any atom is -0.543 e. The highest BCUT2D eigenvalue weighted by Crippen LogP contribution is 2.54. The van der Waals surface area contributed by atoms with Crippen molar-refractivity contribution in [3.8, 4) is 81.1 Å². The molecule has 0 radical (unpaired) electrons. The third-order valence-electron chi connectivity index (χ3n) is 17.4. The van der Waals surface area contributed by atoms with E-state index in [1.54, 1.807) is 0 Å². The monoisotopic (exact) mass is 1100 g/mol. The lowest BCUT2D eigenvalue weighted by molar-refractivity contribution is 0.512. The molecule has 0 aliphatic carbocycles. The first-order valence-corrected chi connectivity index (χ1v) is 39.0. The number of rotatable bonds is 22. The Kier molecular flexibility index (Phi) is 19.8. The molecule has 0 heterocycles. The number of fused-ring (bicyclic) bond motifs is 2. The molecule has 0 aliphatic rings. The summed E-state index contributed by atoms with van der Waals surface area (Å²) in [5.74, 6) is 17.4. The molecule has 7 aromatic carbocycles. The standard InChI is InChI=1S/C68H80N2O4Si4/c1-13-75(14-2,15-3)71-61-27-25-28-62(72-76(16-4,17-5)18-6)67(61)65-57-45-43-54(38-32-52-35-41-56(50-70)42-36-52)48-60(57)66(58-46-44-53(47-59(58)65)37-31-51-33-39-55(49-69)40-34-51)68-63(73-77(19-7,20-8)21-9)29-26-30-64(68)74-78(22-10,23-11)24-12/h25-30,33-36,39-48H,13-24H2,1-12H3. The van der Waals surface area contributed by atoms with Gasteiger partial charge in [0.05, 0.1) is 34.4 Å². The molecule has 0 N–H and O–H groups in total. The molecule has 78 heavy (non-hydrogen) atoms. The van der Waals surface area contributed by atoms with E-state index in [0.29, 0.717) is 11.1 Å². The Morgan fingerprint density at radius 1 is 0.282 bits per heavy atom. The van der Waals surface area contributed by atoms with Crippen LogP contribution in [0.25, 0.3) is 43.8 Å². The van der Waals surface area contributed by atoms with Crippen molar-refractivity contribution >= 4 is 54.8 Å². The van der Waals surface area contributed by atoms with Crippen molar-refractivity contribution in [2.45, 2.75) is 156 Å². The lowest BCUT2D eigenvalue weighted by Gasteiger charge is -2.35. The van der Waals surface area contributed by atoms with Gasteiger partial charge >= 0.3 is 0 Å². The molecule has 0 spiro atoms. The molecule has 0 atom stereocenters. The highest BCUT2D eigenvalue weighted by Gasteiger charge is 2.38. The van der Waals surface area contributed by atoms with Crippen molar-refractivity contribution in [1.29, 1.82) is 10.5 Å². The molecular weight excluding hydrogens is 1020 g/mol. The van der Waals surface area contributed by atoms with Crippen LogP contribution < -0.4 is 17.7 Å². The summed E-state index contributed by atoms with van der Waals surface area (Å²) in [6.07, 6.45) is 0. The molecule has 402 valence electrons. The summed E-state index contributed by atoms with van der Waals surface area (Å²) < 4.78 is 30.6. The van der Waals surface area contributed by atoms with Crippen molar-refractivity contribution in [2.75, 3.05) is 0 Å². The minimum absolute atomic E-state index is 0.598. The highest BCUT2D eigenvalue weighted by molar-refractivity contribution is 6.75. The van der Waals surface area contributed by atoms with Crippen LogP contribution in [0.4, 0.5) is 0 Å². The summed E-state index contributed by atoms with van der Waals surface area (Å²) in [4.78, 5) is 0. The molecule has 0 bridgehead atoms. The Hall–Kier alpha value is -6.77. The van der Waals surface area contributed by atoms with Crippen LogP contribution in [0.1, 0.15) is 116 Å². The highest BCUT2D eigenvalue weighted by atomic mass is 28.4. The fourth-order valence-electron chi connectivity index (χ4n) is 11.1. The summed E-state index contributed by atoms with van der Waals surface area (Å²) in [6.45, 7) is 27.5. The largest absolute Gasteiger partial charge is 0.543 e. The van der Waals surface area contributed by atoms with Crippen molar-refractivity contribution in [2.24, 2.45) is 0 Å². The molecule has 0 saturated carbocycles. The van der Waals surface area contributed by atoms with E-state index in [1.165, 1.54) is 0 Å². The summed E-state index contributed by atoms with van der Waals surface area (Å²) in [7, 11) is -9.14. The van der Waals surface area contributed by atoms with E-state index in [4.69, 9.17) is 17.7 Å². The Morgan fingerprint density at radius 2 is 0.513 bits per heavy atom. The maximum Gasteiger partial charge on any atom is 0.250 e. The molecular formula is C68H80N2O4Si4. The number of hydrogen-bond donors (Lipinski definition) is 0. The Labute approximate surface area is 471 Å². The molecule has 0 saturated heterocycles. The second-order valence-electron chi connectivity index (χ2n) is 20.8. The Bertz CT molecular complexity index is 3100. The first-order valence-electron chi connectivity index (χ1n) is 28.9. The van der Waals surface area contributed by atoms with E-state index in [1.807, 2.05) is 48.5 Å². The molecule has 0 unspecified atom stereocenters. The Balaban J connectivity index is 1.75. The zero-order chi connectivity index (χ0) is 56.1. The van der Waals surface area contributed by atoms with Gasteiger partial charge in [-0.1, -0.05) is 131 Å². The van der Waals surface area contributed by atoms with Gasteiger partial charge in [-0.2, -0.15) is 10.5 Å². The summed E-state index contributed by atoms with van der Waals surface area (Å²) in [5, 5.41) is 23.3. The SMILES string of the molecule is CC[Si](CC)(CC)Oc1cccc(O[Si](CC)(CC)CC)c1-c1c2ccc(C#Cc3ccc(C#N)cc3)cc2c(-c2c(O[Si](CC)(CC)CC)cccc2O[Si](CC)(CC)CC)c2ccc(C#Cc3ccc(C#N)cc3)cc12. The number of hydrogen-bond acceptors (Lipinski definition) is 6. The molecule has 0 amide bonds. The number of nitrogens with zero attached hydrogens (tertiary/aromatic N) is 2. The predicted molar refractivity (Wildman–Crippen MR) is 338 cm³/mol. The fraction of sp³-hybridized carbons (Fsp3) is 0.353. The predicted octanol–water partition coefficient (Wildman–Crippen LogP) is 19.4. The van der Waals surface area contributed by atoms with Crippen LogP contribution in [-0.4, -0.2) is 33.3 Å². The van der Waals surface area contributed by atoms with Crippen LogP contribution in [0.15, 0.2) is 121 Å². The van der Waals surface area contributed by atoms with E-state index < -0.39 is 33.3 Å². The lowest BCUT2D eigenvalue weighted by Crippen LogP contribution is -2.40. The van der Waals surface area contributed by atoms with Crippen molar-refractivity contribution < 1.29 is 17.7 Å². The van der Waals surface area contributed by atoms with E-state index in [-0.39, 0.29) is 0 Å². The van der Waals surface area contributed by atoms with Crippen molar-refractivity contribution in [3.05, 3.63) is 155 Å². The average Bonchev–Trinajstić information content (AvgIpc) is 3.66. The summed E-state index contributed by atoms with van der Waals surface area (Å²) >= 11 is 0. The zero-order valence-corrected chi connectivity index (χ0v) is 52.6. The molecule has 6 nitrogen and oxygen atoms in total. The Morgan fingerprint density at radius 3 is 0.756 bits per heavy atom. The zero-order valence-electron chi connectivity index (χ0n) is 48.6. The minimum atomic E-state index is -2.28. The summed E-state index contributed by atoms with van der Waals surface area (Å²) in [6, 6.07) is 57.5. The van der Waals surface area contributed by atoms with Gasteiger partial charge in [-0.25, -0.2) is 0 Å². The van der Waals surface area contributed by atoms with Gasteiger partial charge in [0.2, 0.25) is 0 Å². The molecule has 0 fully saturated rings.